The van der Waals surface area contributed by atoms with Crippen molar-refractivity contribution in [2.45, 2.75) is 13.3 Å². The topological polar surface area (TPSA) is 62.0 Å². The highest BCUT2D eigenvalue weighted by molar-refractivity contribution is 7.80. The summed E-state index contributed by atoms with van der Waals surface area (Å²) in [5.41, 5.74) is 0.549. The molecule has 1 heterocycles. The largest absolute Gasteiger partial charge is 0.493 e. The van der Waals surface area contributed by atoms with Gasteiger partial charge >= 0.3 is 0 Å². The number of hydrogen-bond acceptors (Lipinski definition) is 3. The molecule has 0 spiro atoms. The van der Waals surface area contributed by atoms with Crippen LogP contribution in [-0.4, -0.2) is 28.2 Å². The molecule has 0 aliphatic carbocycles. The first-order chi connectivity index (χ1) is 10.2. The maximum Gasteiger partial charge on any atom is 0.206 e. The minimum absolute atomic E-state index is 0.271. The summed E-state index contributed by atoms with van der Waals surface area (Å²) in [6, 6.07) is 4.83. The van der Waals surface area contributed by atoms with Crippen LogP contribution in [0.3, 0.4) is 0 Å². The number of ether oxygens (including phenoxy) is 1. The van der Waals surface area contributed by atoms with Crippen molar-refractivity contribution in [3.63, 3.8) is 0 Å². The van der Waals surface area contributed by atoms with Gasteiger partial charge in [0.2, 0.25) is 5.95 Å². The van der Waals surface area contributed by atoms with E-state index in [0.717, 1.165) is 0 Å². The quantitative estimate of drug-likeness (QED) is 0.716. The van der Waals surface area contributed by atoms with Crippen molar-refractivity contribution in [2.75, 3.05) is 18.5 Å². The van der Waals surface area contributed by atoms with Crippen LogP contribution in [0.4, 0.5) is 10.3 Å². The summed E-state index contributed by atoms with van der Waals surface area (Å²) in [5.74, 6) is 0.866. The van der Waals surface area contributed by atoms with Gasteiger partial charge in [0, 0.05) is 24.5 Å². The van der Waals surface area contributed by atoms with E-state index in [-0.39, 0.29) is 5.82 Å². The summed E-state index contributed by atoms with van der Waals surface area (Å²) in [6.07, 6.45) is 3.79. The van der Waals surface area contributed by atoms with E-state index in [9.17, 15) is 4.39 Å². The van der Waals surface area contributed by atoms with Gasteiger partial charge in [-0.15, -0.1) is 0 Å². The molecule has 7 heteroatoms. The SMILES string of the molecule is CCOc1cccc(F)c1CCNC(=S)Nc1ncc[nH]1. The molecule has 0 unspecified atom stereocenters. The molecular weight excluding hydrogens is 291 g/mol. The standard InChI is InChI=1S/C14H17FN4OS/c1-2-20-12-5-3-4-11(15)10(12)6-7-18-14(21)19-13-16-8-9-17-13/h3-5,8-9H,2,6-7H2,1H3,(H3,16,17,18,19,21). The van der Waals surface area contributed by atoms with Gasteiger partial charge < -0.3 is 20.4 Å². The summed E-state index contributed by atoms with van der Waals surface area (Å²) in [5, 5.41) is 6.33. The fourth-order valence-corrected chi connectivity index (χ4v) is 2.06. The van der Waals surface area contributed by atoms with Crippen LogP contribution in [0.2, 0.25) is 0 Å². The molecule has 3 N–H and O–H groups in total. The van der Waals surface area contributed by atoms with Crippen molar-refractivity contribution in [2.24, 2.45) is 0 Å². The third-order valence-corrected chi connectivity index (χ3v) is 3.01. The van der Waals surface area contributed by atoms with E-state index in [1.165, 1.54) is 6.07 Å². The molecule has 1 aromatic heterocycles. The predicted molar refractivity (Wildman–Crippen MR) is 84.1 cm³/mol. The van der Waals surface area contributed by atoms with Crippen LogP contribution in [0.15, 0.2) is 30.6 Å². The van der Waals surface area contributed by atoms with E-state index in [1.54, 1.807) is 24.5 Å². The van der Waals surface area contributed by atoms with Crippen molar-refractivity contribution in [3.05, 3.63) is 42.0 Å². The first kappa shape index (κ1) is 15.2. The van der Waals surface area contributed by atoms with Crippen LogP contribution >= 0.6 is 12.2 Å². The van der Waals surface area contributed by atoms with Crippen LogP contribution in [0.1, 0.15) is 12.5 Å². The molecule has 0 fully saturated rings. The zero-order valence-corrected chi connectivity index (χ0v) is 12.5. The molecule has 0 aliphatic heterocycles. The van der Waals surface area contributed by atoms with Crippen molar-refractivity contribution in [3.8, 4) is 5.75 Å². The number of imidazole rings is 1. The van der Waals surface area contributed by atoms with Crippen LogP contribution in [0.5, 0.6) is 5.75 Å². The Labute approximate surface area is 127 Å². The Balaban J connectivity index is 1.87. The summed E-state index contributed by atoms with van der Waals surface area (Å²) in [7, 11) is 0. The van der Waals surface area contributed by atoms with E-state index in [0.29, 0.717) is 41.9 Å². The van der Waals surface area contributed by atoms with E-state index < -0.39 is 0 Å². The molecule has 0 atom stereocenters. The third kappa shape index (κ3) is 4.42. The number of aromatic amines is 1. The molecule has 1 aromatic carbocycles. The zero-order chi connectivity index (χ0) is 15.1. The second kappa shape index (κ2) is 7.58. The van der Waals surface area contributed by atoms with Gasteiger partial charge in [-0.25, -0.2) is 9.37 Å². The fraction of sp³-hybridized carbons (Fsp3) is 0.286. The second-order valence-corrected chi connectivity index (χ2v) is 4.63. The van der Waals surface area contributed by atoms with Gasteiger partial charge in [0.1, 0.15) is 11.6 Å². The van der Waals surface area contributed by atoms with Crippen LogP contribution in [0, 0.1) is 5.82 Å². The highest BCUT2D eigenvalue weighted by Crippen LogP contribution is 2.21. The predicted octanol–water partition coefficient (Wildman–Crippen LogP) is 2.48. The Bertz CT molecular complexity index is 589. The lowest BCUT2D eigenvalue weighted by molar-refractivity contribution is 0.333. The summed E-state index contributed by atoms with van der Waals surface area (Å²) in [6.45, 7) is 2.87. The molecule has 5 nitrogen and oxygen atoms in total. The normalized spacial score (nSPS) is 10.2. The van der Waals surface area contributed by atoms with Gasteiger partial charge in [-0.2, -0.15) is 0 Å². The number of rotatable bonds is 6. The lowest BCUT2D eigenvalue weighted by atomic mass is 10.1. The maximum atomic E-state index is 13.8. The average molecular weight is 308 g/mol. The number of nitrogens with zero attached hydrogens (tertiary/aromatic N) is 1. The van der Waals surface area contributed by atoms with Crippen LogP contribution < -0.4 is 15.4 Å². The maximum absolute atomic E-state index is 13.8. The van der Waals surface area contributed by atoms with Crippen LogP contribution in [-0.2, 0) is 6.42 Å². The Kier molecular flexibility index (Phi) is 5.51. The molecule has 0 amide bonds. The number of benzene rings is 1. The summed E-state index contributed by atoms with van der Waals surface area (Å²) >= 11 is 5.13. The van der Waals surface area contributed by atoms with Crippen molar-refractivity contribution < 1.29 is 9.13 Å². The zero-order valence-electron chi connectivity index (χ0n) is 11.6. The number of anilines is 1. The number of H-pyrrole nitrogens is 1. The van der Waals surface area contributed by atoms with E-state index >= 15 is 0 Å². The molecule has 112 valence electrons. The van der Waals surface area contributed by atoms with Crippen molar-refractivity contribution in [1.82, 2.24) is 15.3 Å². The molecular formula is C14H17FN4OS. The Hall–Kier alpha value is -2.15. The lowest BCUT2D eigenvalue weighted by Crippen LogP contribution is -2.30. The van der Waals surface area contributed by atoms with Crippen molar-refractivity contribution in [1.29, 1.82) is 0 Å². The Morgan fingerprint density at radius 3 is 3.05 bits per heavy atom. The number of thiocarbonyl (C=S) groups is 1. The van der Waals surface area contributed by atoms with Gasteiger partial charge in [-0.1, -0.05) is 6.07 Å². The smallest absolute Gasteiger partial charge is 0.206 e. The molecule has 2 aromatic rings. The monoisotopic (exact) mass is 308 g/mol. The summed E-state index contributed by atoms with van der Waals surface area (Å²) < 4.78 is 19.3. The first-order valence-corrected chi connectivity index (χ1v) is 7.06. The minimum Gasteiger partial charge on any atom is -0.493 e. The highest BCUT2D eigenvalue weighted by atomic mass is 32.1. The third-order valence-electron chi connectivity index (χ3n) is 2.77. The molecule has 0 aliphatic rings. The number of nitrogens with one attached hydrogen (secondary N) is 3. The average Bonchev–Trinajstić information content (AvgIpc) is 2.95. The number of aromatic nitrogens is 2. The Morgan fingerprint density at radius 2 is 2.33 bits per heavy atom. The second-order valence-electron chi connectivity index (χ2n) is 4.22. The Morgan fingerprint density at radius 1 is 1.48 bits per heavy atom. The van der Waals surface area contributed by atoms with E-state index in [4.69, 9.17) is 17.0 Å². The highest BCUT2D eigenvalue weighted by Gasteiger charge is 2.09. The van der Waals surface area contributed by atoms with Crippen molar-refractivity contribution >= 4 is 23.3 Å². The van der Waals surface area contributed by atoms with Gasteiger partial charge in [0.25, 0.3) is 0 Å². The van der Waals surface area contributed by atoms with E-state index in [2.05, 4.69) is 20.6 Å². The number of halogens is 1. The van der Waals surface area contributed by atoms with Gasteiger partial charge in [0.15, 0.2) is 5.11 Å². The number of hydrogen-bond donors (Lipinski definition) is 3. The minimum atomic E-state index is -0.271. The first-order valence-electron chi connectivity index (χ1n) is 6.65. The molecule has 0 saturated heterocycles. The summed E-state index contributed by atoms with van der Waals surface area (Å²) in [4.78, 5) is 6.88. The molecule has 2 rings (SSSR count). The lowest BCUT2D eigenvalue weighted by Gasteiger charge is -2.12. The van der Waals surface area contributed by atoms with Gasteiger partial charge in [-0.3, -0.25) is 0 Å². The molecule has 21 heavy (non-hydrogen) atoms. The van der Waals surface area contributed by atoms with Gasteiger partial charge in [-0.05, 0) is 37.7 Å². The van der Waals surface area contributed by atoms with Gasteiger partial charge in [0.05, 0.1) is 6.61 Å². The molecule has 0 radical (unpaired) electrons. The molecule has 0 bridgehead atoms. The fourth-order valence-electron chi connectivity index (χ4n) is 1.86. The molecule has 0 saturated carbocycles. The van der Waals surface area contributed by atoms with E-state index in [1.807, 2.05) is 6.92 Å². The van der Waals surface area contributed by atoms with Crippen LogP contribution in [0.25, 0.3) is 0 Å².